The normalized spacial score (nSPS) is 11.9. The first kappa shape index (κ1) is 16.7. The van der Waals surface area contributed by atoms with Crippen molar-refractivity contribution >= 4 is 11.7 Å². The summed E-state index contributed by atoms with van der Waals surface area (Å²) < 4.78 is 41.1. The van der Waals surface area contributed by atoms with Crippen molar-refractivity contribution in [2.75, 3.05) is 5.32 Å². The third kappa shape index (κ3) is 5.21. The summed E-state index contributed by atoms with van der Waals surface area (Å²) in [5.74, 6) is -0.345. The molecule has 4 nitrogen and oxygen atoms in total. The average Bonchev–Trinajstić information content (AvgIpc) is 2.49. The lowest BCUT2D eigenvalue weighted by Crippen LogP contribution is -2.31. The maximum Gasteiger partial charge on any atom is 0.387 e. The van der Waals surface area contributed by atoms with Crippen LogP contribution in [0.4, 0.5) is 23.7 Å². The van der Waals surface area contributed by atoms with Crippen LogP contribution < -0.4 is 15.4 Å². The van der Waals surface area contributed by atoms with Gasteiger partial charge in [0.25, 0.3) is 0 Å². The molecule has 122 valence electrons. The third-order valence-corrected chi connectivity index (χ3v) is 3.05. The Balaban J connectivity index is 1.90. The zero-order chi connectivity index (χ0) is 16.8. The first-order chi connectivity index (χ1) is 10.9. The van der Waals surface area contributed by atoms with E-state index in [1.54, 1.807) is 19.1 Å². The number of urea groups is 1. The second-order valence-electron chi connectivity index (χ2n) is 4.77. The number of carbonyl (C=O) groups is 1. The Hall–Kier alpha value is -2.70. The average molecular weight is 324 g/mol. The van der Waals surface area contributed by atoms with E-state index in [9.17, 15) is 18.0 Å². The van der Waals surface area contributed by atoms with Gasteiger partial charge in [0.2, 0.25) is 0 Å². The molecule has 0 saturated heterocycles. The van der Waals surface area contributed by atoms with E-state index in [0.29, 0.717) is 5.69 Å². The Morgan fingerprint density at radius 2 is 1.65 bits per heavy atom. The van der Waals surface area contributed by atoms with E-state index in [1.165, 1.54) is 36.4 Å². The number of nitrogens with one attached hydrogen (secondary N) is 2. The number of alkyl halides is 2. The van der Waals surface area contributed by atoms with E-state index >= 15 is 0 Å². The molecule has 7 heteroatoms. The van der Waals surface area contributed by atoms with E-state index in [0.717, 1.165) is 5.56 Å². The van der Waals surface area contributed by atoms with Gasteiger partial charge in [-0.25, -0.2) is 9.18 Å². The summed E-state index contributed by atoms with van der Waals surface area (Å²) in [6.45, 7) is -1.14. The van der Waals surface area contributed by atoms with Crippen LogP contribution in [0.25, 0.3) is 0 Å². The molecule has 0 aromatic heterocycles. The van der Waals surface area contributed by atoms with Crippen molar-refractivity contribution in [2.45, 2.75) is 19.6 Å². The van der Waals surface area contributed by atoms with Crippen LogP contribution in [0.3, 0.4) is 0 Å². The number of carbonyl (C=O) groups excluding carboxylic acids is 1. The topological polar surface area (TPSA) is 50.4 Å². The van der Waals surface area contributed by atoms with Crippen LogP contribution in [-0.2, 0) is 0 Å². The lowest BCUT2D eigenvalue weighted by molar-refractivity contribution is -0.0498. The molecule has 0 heterocycles. The highest BCUT2D eigenvalue weighted by Gasteiger charge is 2.10. The lowest BCUT2D eigenvalue weighted by atomic mass is 10.1. The number of benzene rings is 2. The number of hydrogen-bond donors (Lipinski definition) is 2. The molecule has 1 atom stereocenters. The number of anilines is 1. The van der Waals surface area contributed by atoms with Gasteiger partial charge in [-0.3, -0.25) is 0 Å². The number of hydrogen-bond acceptors (Lipinski definition) is 2. The zero-order valence-corrected chi connectivity index (χ0v) is 12.2. The van der Waals surface area contributed by atoms with E-state index < -0.39 is 12.6 Å². The minimum absolute atomic E-state index is 0.00522. The van der Waals surface area contributed by atoms with Crippen molar-refractivity contribution in [3.63, 3.8) is 0 Å². The van der Waals surface area contributed by atoms with Crippen molar-refractivity contribution < 1.29 is 22.7 Å². The second kappa shape index (κ2) is 7.53. The Morgan fingerprint density at radius 3 is 2.22 bits per heavy atom. The number of amides is 2. The molecule has 2 amide bonds. The van der Waals surface area contributed by atoms with Crippen molar-refractivity contribution in [1.29, 1.82) is 0 Å². The molecule has 0 saturated carbocycles. The fourth-order valence-corrected chi connectivity index (χ4v) is 1.92. The molecule has 0 radical (unpaired) electrons. The molecule has 23 heavy (non-hydrogen) atoms. The zero-order valence-electron chi connectivity index (χ0n) is 12.2. The summed E-state index contributed by atoms with van der Waals surface area (Å²) in [6.07, 6.45) is 0. The molecule has 0 aliphatic heterocycles. The molecular weight excluding hydrogens is 309 g/mol. The maximum absolute atomic E-state index is 12.9. The van der Waals surface area contributed by atoms with Gasteiger partial charge in [-0.15, -0.1) is 0 Å². The minimum Gasteiger partial charge on any atom is -0.435 e. The van der Waals surface area contributed by atoms with Crippen LogP contribution in [0.1, 0.15) is 18.5 Å². The number of halogens is 3. The molecule has 0 spiro atoms. The molecule has 1 unspecified atom stereocenters. The Kier molecular flexibility index (Phi) is 5.46. The first-order valence-corrected chi connectivity index (χ1v) is 6.82. The summed E-state index contributed by atoms with van der Waals surface area (Å²) in [5, 5.41) is 5.25. The predicted molar refractivity (Wildman–Crippen MR) is 80.0 cm³/mol. The van der Waals surface area contributed by atoms with Crippen molar-refractivity contribution in [2.24, 2.45) is 0 Å². The van der Waals surface area contributed by atoms with Gasteiger partial charge in [0.1, 0.15) is 11.6 Å². The van der Waals surface area contributed by atoms with Gasteiger partial charge in [0, 0.05) is 5.69 Å². The highest BCUT2D eigenvalue weighted by atomic mass is 19.3. The smallest absolute Gasteiger partial charge is 0.387 e. The number of rotatable bonds is 5. The Morgan fingerprint density at radius 1 is 1.04 bits per heavy atom. The Labute approximate surface area is 131 Å². The van der Waals surface area contributed by atoms with Gasteiger partial charge in [-0.1, -0.05) is 12.1 Å². The van der Waals surface area contributed by atoms with E-state index in [2.05, 4.69) is 15.4 Å². The van der Waals surface area contributed by atoms with E-state index in [4.69, 9.17) is 0 Å². The van der Waals surface area contributed by atoms with Crippen LogP contribution >= 0.6 is 0 Å². The monoisotopic (exact) mass is 324 g/mol. The molecule has 2 aromatic carbocycles. The van der Waals surface area contributed by atoms with E-state index in [1.807, 2.05) is 0 Å². The second-order valence-corrected chi connectivity index (χ2v) is 4.77. The van der Waals surface area contributed by atoms with Crippen molar-refractivity contribution in [3.05, 3.63) is 59.9 Å². The van der Waals surface area contributed by atoms with Crippen LogP contribution in [0.5, 0.6) is 5.75 Å². The predicted octanol–water partition coefficient (Wildman–Crippen LogP) is 4.31. The summed E-state index contributed by atoms with van der Waals surface area (Å²) >= 11 is 0. The molecule has 2 rings (SSSR count). The molecule has 0 aliphatic rings. The molecule has 0 aliphatic carbocycles. The highest BCUT2D eigenvalue weighted by Crippen LogP contribution is 2.18. The van der Waals surface area contributed by atoms with Gasteiger partial charge in [0.15, 0.2) is 0 Å². The van der Waals surface area contributed by atoms with Gasteiger partial charge in [-0.05, 0) is 48.9 Å². The fraction of sp³-hybridized carbons (Fsp3) is 0.188. The quantitative estimate of drug-likeness (QED) is 0.861. The van der Waals surface area contributed by atoms with Gasteiger partial charge in [-0.2, -0.15) is 8.78 Å². The number of ether oxygens (including phenoxy) is 1. The van der Waals surface area contributed by atoms with Gasteiger partial charge >= 0.3 is 12.6 Å². The minimum atomic E-state index is -2.89. The maximum atomic E-state index is 12.9. The van der Waals surface area contributed by atoms with Crippen molar-refractivity contribution in [1.82, 2.24) is 5.32 Å². The van der Waals surface area contributed by atoms with Crippen LogP contribution in [0.2, 0.25) is 0 Å². The van der Waals surface area contributed by atoms with Gasteiger partial charge in [0.05, 0.1) is 6.04 Å². The van der Waals surface area contributed by atoms with E-state index in [-0.39, 0.29) is 17.6 Å². The largest absolute Gasteiger partial charge is 0.435 e. The molecule has 2 N–H and O–H groups in total. The molecular formula is C16H15F3N2O2. The van der Waals surface area contributed by atoms with Crippen LogP contribution in [-0.4, -0.2) is 12.6 Å². The molecule has 2 aromatic rings. The SMILES string of the molecule is CC(NC(=O)Nc1ccc(OC(F)F)cc1)c1ccc(F)cc1. The van der Waals surface area contributed by atoms with Crippen LogP contribution in [0.15, 0.2) is 48.5 Å². The third-order valence-electron chi connectivity index (χ3n) is 3.05. The summed E-state index contributed by atoms with van der Waals surface area (Å²) in [6, 6.07) is 10.5. The molecule has 0 fully saturated rings. The van der Waals surface area contributed by atoms with Gasteiger partial charge < -0.3 is 15.4 Å². The summed E-state index contributed by atoms with van der Waals surface area (Å²) in [4.78, 5) is 11.9. The summed E-state index contributed by atoms with van der Waals surface area (Å²) in [5.41, 5.74) is 1.18. The Bertz CT molecular complexity index is 645. The van der Waals surface area contributed by atoms with Crippen LogP contribution in [0, 0.1) is 5.82 Å². The standard InChI is InChI=1S/C16H15F3N2O2/c1-10(11-2-4-12(17)5-3-11)20-16(22)21-13-6-8-14(9-7-13)23-15(18)19/h2-10,15H,1H3,(H2,20,21,22). The van der Waals surface area contributed by atoms with Crippen molar-refractivity contribution in [3.8, 4) is 5.75 Å². The fourth-order valence-electron chi connectivity index (χ4n) is 1.92. The highest BCUT2D eigenvalue weighted by molar-refractivity contribution is 5.89. The molecule has 0 bridgehead atoms. The summed E-state index contributed by atoms with van der Waals surface area (Å²) in [7, 11) is 0. The lowest BCUT2D eigenvalue weighted by Gasteiger charge is -2.15. The first-order valence-electron chi connectivity index (χ1n) is 6.82.